The van der Waals surface area contributed by atoms with Crippen molar-refractivity contribution < 1.29 is 18.7 Å². The van der Waals surface area contributed by atoms with Gasteiger partial charge in [0, 0.05) is 69.0 Å². The van der Waals surface area contributed by atoms with Gasteiger partial charge in [-0.1, -0.05) is 43.3 Å². The number of nitrogens with zero attached hydrogens (tertiary/aromatic N) is 6. The number of carbonyl (C=O) groups excluding carboxylic acids is 2. The van der Waals surface area contributed by atoms with Gasteiger partial charge in [0.1, 0.15) is 25.9 Å². The molecule has 0 saturated heterocycles. The number of nitrogens with one attached hydrogen (secondary N) is 5. The number of nitrogen functional groups attached to an aromatic ring is 1. The van der Waals surface area contributed by atoms with Gasteiger partial charge >= 0.3 is 0 Å². The number of hydrogen-bond acceptors (Lipinski definition) is 14. The van der Waals surface area contributed by atoms with Crippen LogP contribution in [0, 0.1) is 0 Å². The first kappa shape index (κ1) is 51.5. The normalized spacial score (nSPS) is 12.8. The molecule has 2 fully saturated rings. The van der Waals surface area contributed by atoms with Gasteiger partial charge in [-0.2, -0.15) is 0 Å². The van der Waals surface area contributed by atoms with Gasteiger partial charge in [-0.05, 0) is 124 Å². The van der Waals surface area contributed by atoms with E-state index in [1.165, 1.54) is 57.0 Å². The van der Waals surface area contributed by atoms with Crippen LogP contribution < -0.4 is 42.9 Å². The van der Waals surface area contributed by atoms with Crippen LogP contribution in [0.3, 0.4) is 0 Å². The summed E-state index contributed by atoms with van der Waals surface area (Å²) >= 11 is 5.86. The summed E-state index contributed by atoms with van der Waals surface area (Å²) in [6.07, 6.45) is 8.61. The van der Waals surface area contributed by atoms with Crippen LogP contribution in [0.5, 0.6) is 0 Å². The number of anilines is 7. The maximum atomic E-state index is 12.7. The summed E-state index contributed by atoms with van der Waals surface area (Å²) in [6, 6.07) is 25.8. The van der Waals surface area contributed by atoms with E-state index in [1.807, 2.05) is 60.7 Å². The van der Waals surface area contributed by atoms with Crippen molar-refractivity contribution in [2.75, 3.05) is 62.4 Å². The molecule has 0 atom stereocenters. The minimum Gasteiger partial charge on any atom is -0.384 e. The molecule has 20 heteroatoms. The molecule has 339 valence electrons. The lowest BCUT2D eigenvalue weighted by molar-refractivity contribution is 0.0950. The number of amides is 2. The zero-order chi connectivity index (χ0) is 45.3. The van der Waals surface area contributed by atoms with Gasteiger partial charge in [0.05, 0.1) is 11.4 Å². The number of aromatic nitrogens is 6. The van der Waals surface area contributed by atoms with Gasteiger partial charge in [-0.15, -0.1) is 20.4 Å². The van der Waals surface area contributed by atoms with Crippen LogP contribution in [0.15, 0.2) is 97.3 Å². The van der Waals surface area contributed by atoms with Crippen LogP contribution >= 0.6 is 25.9 Å². The number of benzene rings is 2. The molecule has 2 aromatic carbocycles. The van der Waals surface area contributed by atoms with Crippen molar-refractivity contribution in [3.05, 3.63) is 125 Å². The van der Waals surface area contributed by atoms with Crippen LogP contribution in [-0.4, -0.2) is 91.3 Å². The first-order chi connectivity index (χ1) is 30.0. The number of hydrogen-bond donors (Lipinski definition) is 6. The quantitative estimate of drug-likeness (QED) is 0.0503. The molecular formula is C45H55BClN12O4P2. The van der Waals surface area contributed by atoms with E-state index < -0.39 is 14.3 Å². The largest absolute Gasteiger partial charge is 0.384 e. The van der Waals surface area contributed by atoms with Crippen molar-refractivity contribution in [1.29, 1.82) is 0 Å². The van der Waals surface area contributed by atoms with Gasteiger partial charge in [0.15, 0.2) is 22.4 Å². The van der Waals surface area contributed by atoms with Gasteiger partial charge in [-0.25, -0.2) is 9.97 Å². The lowest BCUT2D eigenvalue weighted by atomic mass is 10.2. The standard InChI is InChI=1S/C22H25N6O2P.C14H16ClN4O2P.C8H10N2.CH4.B/c1-23-22(29)21-17(25-16-6-4-5-7-18(16)31(2,3)30)13-20(27-28-21)26-19-12-15(10-11-24-19)14-8-9-14;1-16-14(20)13-10(8-12(15)18-19-13)17-9-6-4-5-7-11(9)22(2,3)21;9-8-5-7(3-4-10-8)6-1-2-6;;/h4-7,10-14H,8-9H2,1-3H3,(H,23,29)(H2,24,25,26,27);4-8H,1-3H3,(H,16,20)(H,17,18);3-6H,1-2H2,(H2,9,10);1H4;. The highest BCUT2D eigenvalue weighted by Gasteiger charge is 2.25. The predicted octanol–water partition coefficient (Wildman–Crippen LogP) is 8.12. The van der Waals surface area contributed by atoms with Gasteiger partial charge in [0.2, 0.25) is 0 Å². The minimum absolute atomic E-state index is 0. The molecule has 0 spiro atoms. The monoisotopic (exact) mass is 935 g/mol. The molecule has 8 rings (SSSR count). The summed E-state index contributed by atoms with van der Waals surface area (Å²) in [4.78, 5) is 32.5. The Morgan fingerprint density at radius 1 is 0.600 bits per heavy atom. The SMILES string of the molecule is C.CNC(=O)c1nnc(Cl)cc1Nc1ccccc1P(C)(C)=O.CNC(=O)c1nnc(Nc2cc(C3CC3)ccn2)cc1Nc1ccccc1P(C)(C)=O.Nc1cc(C2CC2)ccn1.[B]. The van der Waals surface area contributed by atoms with Crippen LogP contribution in [0.4, 0.5) is 40.2 Å². The zero-order valence-corrected chi connectivity index (χ0v) is 39.0. The van der Waals surface area contributed by atoms with E-state index in [4.69, 9.17) is 17.3 Å². The Balaban J connectivity index is 0.000000236. The molecule has 16 nitrogen and oxygen atoms in total. The number of halogens is 1. The Hall–Kier alpha value is -6.15. The molecule has 4 aromatic heterocycles. The van der Waals surface area contributed by atoms with E-state index >= 15 is 0 Å². The third kappa shape index (κ3) is 14.4. The minimum atomic E-state index is -2.54. The molecule has 3 radical (unpaired) electrons. The Morgan fingerprint density at radius 2 is 1.06 bits per heavy atom. The number of para-hydroxylation sites is 2. The zero-order valence-electron chi connectivity index (χ0n) is 36.5. The van der Waals surface area contributed by atoms with E-state index in [0.29, 0.717) is 56.7 Å². The molecule has 2 saturated carbocycles. The summed E-state index contributed by atoms with van der Waals surface area (Å²) in [7, 11) is -1.98. The van der Waals surface area contributed by atoms with Crippen LogP contribution in [0.25, 0.3) is 0 Å². The van der Waals surface area contributed by atoms with Crippen molar-refractivity contribution in [2.24, 2.45) is 0 Å². The van der Waals surface area contributed by atoms with Crippen molar-refractivity contribution in [1.82, 2.24) is 41.0 Å². The number of carbonyl (C=O) groups is 2. The molecule has 65 heavy (non-hydrogen) atoms. The Kier molecular flexibility index (Phi) is 17.9. The van der Waals surface area contributed by atoms with E-state index in [9.17, 15) is 18.7 Å². The Morgan fingerprint density at radius 3 is 1.54 bits per heavy atom. The van der Waals surface area contributed by atoms with Gasteiger partial charge in [0.25, 0.3) is 11.8 Å². The molecule has 2 amide bonds. The maximum absolute atomic E-state index is 12.7. The lowest BCUT2D eigenvalue weighted by Gasteiger charge is -2.17. The van der Waals surface area contributed by atoms with Crippen molar-refractivity contribution >= 4 is 96.9 Å². The summed E-state index contributed by atoms with van der Waals surface area (Å²) < 4.78 is 25.1. The topological polar surface area (TPSA) is 232 Å². The molecule has 0 bridgehead atoms. The van der Waals surface area contributed by atoms with E-state index in [2.05, 4.69) is 56.9 Å². The second-order valence-electron chi connectivity index (χ2n) is 15.7. The number of nitrogens with two attached hydrogens (primary N) is 1. The van der Waals surface area contributed by atoms with Crippen LogP contribution in [0.1, 0.15) is 77.0 Å². The van der Waals surface area contributed by atoms with Gasteiger partial charge in [-0.3, -0.25) is 9.59 Å². The van der Waals surface area contributed by atoms with Crippen molar-refractivity contribution in [3.8, 4) is 0 Å². The highest BCUT2D eigenvalue weighted by atomic mass is 35.5. The molecule has 2 aliphatic rings. The lowest BCUT2D eigenvalue weighted by Crippen LogP contribution is -2.22. The fourth-order valence-corrected chi connectivity index (χ4v) is 8.88. The third-order valence-electron chi connectivity index (χ3n) is 9.89. The molecule has 0 unspecified atom stereocenters. The molecule has 4 heterocycles. The first-order valence-electron chi connectivity index (χ1n) is 20.2. The smallest absolute Gasteiger partial charge is 0.273 e. The molecule has 7 N–H and O–H groups in total. The number of pyridine rings is 2. The highest BCUT2D eigenvalue weighted by molar-refractivity contribution is 7.70. The van der Waals surface area contributed by atoms with E-state index in [1.54, 1.807) is 57.3 Å². The molecular weight excluding hydrogens is 881 g/mol. The summed E-state index contributed by atoms with van der Waals surface area (Å²) in [5, 5.41) is 31.9. The summed E-state index contributed by atoms with van der Waals surface area (Å²) in [5.74, 6) is 2.39. The average Bonchev–Trinajstić information content (AvgIpc) is 4.19. The van der Waals surface area contributed by atoms with Crippen LogP contribution in [0.2, 0.25) is 5.15 Å². The summed E-state index contributed by atoms with van der Waals surface area (Å²) in [5.41, 5.74) is 10.5. The average molecular weight is 936 g/mol. The Bertz CT molecular complexity index is 2710. The first-order valence-corrected chi connectivity index (χ1v) is 25.7. The fourth-order valence-electron chi connectivity index (χ4n) is 6.42. The van der Waals surface area contributed by atoms with E-state index in [-0.39, 0.29) is 44.2 Å². The maximum Gasteiger partial charge on any atom is 0.273 e. The van der Waals surface area contributed by atoms with Crippen molar-refractivity contribution in [2.45, 2.75) is 44.9 Å². The second kappa shape index (κ2) is 22.7. The van der Waals surface area contributed by atoms with Crippen molar-refractivity contribution in [3.63, 3.8) is 0 Å². The molecule has 2 aliphatic carbocycles. The highest BCUT2D eigenvalue weighted by Crippen LogP contribution is 2.42. The Labute approximate surface area is 387 Å². The molecule has 6 aromatic rings. The predicted molar refractivity (Wildman–Crippen MR) is 266 cm³/mol. The fraction of sp³-hybridized carbons (Fsp3) is 0.289. The van der Waals surface area contributed by atoms with Crippen LogP contribution in [-0.2, 0) is 9.13 Å². The second-order valence-corrected chi connectivity index (χ2v) is 22.5. The summed E-state index contributed by atoms with van der Waals surface area (Å²) in [6.45, 7) is 6.79. The van der Waals surface area contributed by atoms with E-state index in [0.717, 1.165) is 5.92 Å². The van der Waals surface area contributed by atoms with Gasteiger partial charge < -0.3 is 41.4 Å². The number of rotatable bonds is 12. The molecule has 0 aliphatic heterocycles. The third-order valence-corrected chi connectivity index (χ3v) is 13.2.